The largest absolute Gasteiger partial charge is 0.494 e. The van der Waals surface area contributed by atoms with E-state index in [9.17, 15) is 9.59 Å². The van der Waals surface area contributed by atoms with Crippen LogP contribution < -0.4 is 9.64 Å². The zero-order valence-electron chi connectivity index (χ0n) is 19.6. The predicted molar refractivity (Wildman–Crippen MR) is 136 cm³/mol. The number of rotatable bonds is 7. The van der Waals surface area contributed by atoms with E-state index in [4.69, 9.17) is 14.1 Å². The number of likely N-dealkylation sites (tertiary alicyclic amines) is 1. The van der Waals surface area contributed by atoms with Gasteiger partial charge in [0.1, 0.15) is 12.0 Å². The highest BCUT2D eigenvalue weighted by atomic mass is 32.1. The van der Waals surface area contributed by atoms with Crippen LogP contribution in [0.4, 0.5) is 5.13 Å². The second-order valence-electron chi connectivity index (χ2n) is 8.57. The molecule has 1 aliphatic heterocycles. The summed E-state index contributed by atoms with van der Waals surface area (Å²) in [6, 6.07) is 17.4. The Balaban J connectivity index is 1.43. The molecular formula is C27H27N3O4S. The number of thiazole rings is 1. The Morgan fingerprint density at radius 2 is 2.06 bits per heavy atom. The second-order valence-corrected chi connectivity index (χ2v) is 9.58. The van der Waals surface area contributed by atoms with Crippen molar-refractivity contribution in [2.24, 2.45) is 5.92 Å². The highest BCUT2D eigenvalue weighted by molar-refractivity contribution is 7.22. The SMILES string of the molecule is CCOc1ccc2nc(N(Cc3ccccc3)C(=O)C3CCCN(C(=O)c4ccoc4)C3)sc2c1. The number of piperidine rings is 1. The lowest BCUT2D eigenvalue weighted by atomic mass is 9.96. The van der Waals surface area contributed by atoms with Crippen molar-refractivity contribution in [2.75, 3.05) is 24.6 Å². The Bertz CT molecular complexity index is 1300. The van der Waals surface area contributed by atoms with Gasteiger partial charge in [-0.15, -0.1) is 0 Å². The van der Waals surface area contributed by atoms with Crippen LogP contribution >= 0.6 is 11.3 Å². The number of furan rings is 1. The Morgan fingerprint density at radius 1 is 1.20 bits per heavy atom. The molecule has 2 aromatic carbocycles. The van der Waals surface area contributed by atoms with Crippen LogP contribution in [0, 0.1) is 5.92 Å². The predicted octanol–water partition coefficient (Wildman–Crippen LogP) is 5.37. The molecule has 0 N–H and O–H groups in total. The van der Waals surface area contributed by atoms with E-state index in [-0.39, 0.29) is 17.7 Å². The van der Waals surface area contributed by atoms with E-state index in [1.165, 1.54) is 23.9 Å². The molecular weight excluding hydrogens is 462 g/mol. The van der Waals surface area contributed by atoms with Crippen molar-refractivity contribution in [3.8, 4) is 5.75 Å². The van der Waals surface area contributed by atoms with Crippen molar-refractivity contribution in [3.63, 3.8) is 0 Å². The zero-order valence-corrected chi connectivity index (χ0v) is 20.4. The second kappa shape index (κ2) is 10.3. The Hall–Kier alpha value is -3.65. The molecule has 2 aromatic heterocycles. The number of nitrogens with zero attached hydrogens (tertiary/aromatic N) is 3. The third kappa shape index (κ3) is 5.07. The van der Waals surface area contributed by atoms with Crippen LogP contribution in [0.15, 0.2) is 71.5 Å². The van der Waals surface area contributed by atoms with Gasteiger partial charge in [-0.2, -0.15) is 0 Å². The summed E-state index contributed by atoms with van der Waals surface area (Å²) in [4.78, 5) is 35.1. The van der Waals surface area contributed by atoms with Crippen molar-refractivity contribution in [3.05, 3.63) is 78.3 Å². The minimum absolute atomic E-state index is 0.0114. The summed E-state index contributed by atoms with van der Waals surface area (Å²) >= 11 is 1.48. The van der Waals surface area contributed by atoms with Crippen molar-refractivity contribution in [1.29, 1.82) is 0 Å². The molecule has 4 aromatic rings. The van der Waals surface area contributed by atoms with E-state index in [1.807, 2.05) is 55.5 Å². The van der Waals surface area contributed by atoms with Crippen LogP contribution in [0.3, 0.4) is 0 Å². The molecule has 1 aliphatic rings. The minimum atomic E-state index is -0.297. The summed E-state index contributed by atoms with van der Waals surface area (Å²) in [6.07, 6.45) is 4.45. The van der Waals surface area contributed by atoms with Gasteiger partial charge in [0.05, 0.1) is 41.1 Å². The van der Waals surface area contributed by atoms with Crippen LogP contribution in [0.2, 0.25) is 0 Å². The first kappa shape index (κ1) is 23.1. The third-order valence-electron chi connectivity index (χ3n) is 6.17. The lowest BCUT2D eigenvalue weighted by Crippen LogP contribution is -2.46. The fraction of sp³-hybridized carbons (Fsp3) is 0.296. The first-order valence-corrected chi connectivity index (χ1v) is 12.6. The van der Waals surface area contributed by atoms with Crippen molar-refractivity contribution in [2.45, 2.75) is 26.3 Å². The van der Waals surface area contributed by atoms with Gasteiger partial charge in [0.15, 0.2) is 5.13 Å². The zero-order chi connectivity index (χ0) is 24.2. The molecule has 180 valence electrons. The highest BCUT2D eigenvalue weighted by Crippen LogP contribution is 2.34. The lowest BCUT2D eigenvalue weighted by Gasteiger charge is -2.34. The van der Waals surface area contributed by atoms with Gasteiger partial charge in [0.2, 0.25) is 5.91 Å². The van der Waals surface area contributed by atoms with Gasteiger partial charge in [0, 0.05) is 13.1 Å². The number of fused-ring (bicyclic) bond motifs is 1. The molecule has 1 saturated heterocycles. The Labute approximate surface area is 207 Å². The lowest BCUT2D eigenvalue weighted by molar-refractivity contribution is -0.123. The summed E-state index contributed by atoms with van der Waals surface area (Å²) in [7, 11) is 0. The van der Waals surface area contributed by atoms with Crippen molar-refractivity contribution < 1.29 is 18.7 Å². The summed E-state index contributed by atoms with van der Waals surface area (Å²) < 4.78 is 11.7. The van der Waals surface area contributed by atoms with Crippen LogP contribution in [0.1, 0.15) is 35.7 Å². The summed E-state index contributed by atoms with van der Waals surface area (Å²) in [5.74, 6) is 0.378. The molecule has 0 saturated carbocycles. The number of hydrogen-bond acceptors (Lipinski definition) is 6. The van der Waals surface area contributed by atoms with E-state index in [1.54, 1.807) is 15.9 Å². The van der Waals surface area contributed by atoms with Gasteiger partial charge in [-0.25, -0.2) is 4.98 Å². The van der Waals surface area contributed by atoms with E-state index >= 15 is 0 Å². The molecule has 1 fully saturated rings. The van der Waals surface area contributed by atoms with Crippen molar-refractivity contribution >= 4 is 38.5 Å². The maximum atomic E-state index is 13.9. The average Bonchev–Trinajstić information content (AvgIpc) is 3.57. The van der Waals surface area contributed by atoms with E-state index < -0.39 is 0 Å². The molecule has 0 radical (unpaired) electrons. The fourth-order valence-corrected chi connectivity index (χ4v) is 5.42. The molecule has 1 atom stereocenters. The topological polar surface area (TPSA) is 75.9 Å². The quantitative estimate of drug-likeness (QED) is 0.349. The highest BCUT2D eigenvalue weighted by Gasteiger charge is 2.33. The van der Waals surface area contributed by atoms with Gasteiger partial charge >= 0.3 is 0 Å². The van der Waals surface area contributed by atoms with Crippen molar-refractivity contribution in [1.82, 2.24) is 9.88 Å². The smallest absolute Gasteiger partial charge is 0.257 e. The van der Waals surface area contributed by atoms with Crippen LogP contribution in [-0.2, 0) is 11.3 Å². The number of anilines is 1. The molecule has 7 nitrogen and oxygen atoms in total. The number of amides is 2. The molecule has 35 heavy (non-hydrogen) atoms. The summed E-state index contributed by atoms with van der Waals surface area (Å²) in [5, 5.41) is 0.654. The molecule has 3 heterocycles. The minimum Gasteiger partial charge on any atom is -0.494 e. The summed E-state index contributed by atoms with van der Waals surface area (Å²) in [6.45, 7) is 3.98. The number of carbonyl (C=O) groups excluding carboxylic acids is 2. The summed E-state index contributed by atoms with van der Waals surface area (Å²) in [5.41, 5.74) is 2.37. The van der Waals surface area contributed by atoms with Gasteiger partial charge in [-0.1, -0.05) is 41.7 Å². The van der Waals surface area contributed by atoms with Gasteiger partial charge in [-0.05, 0) is 49.6 Å². The maximum absolute atomic E-state index is 13.9. The normalized spacial score (nSPS) is 15.8. The Kier molecular flexibility index (Phi) is 6.81. The number of hydrogen-bond donors (Lipinski definition) is 0. The first-order valence-electron chi connectivity index (χ1n) is 11.8. The van der Waals surface area contributed by atoms with Gasteiger partial charge in [0.25, 0.3) is 5.91 Å². The number of ether oxygens (including phenoxy) is 1. The van der Waals surface area contributed by atoms with Gasteiger partial charge < -0.3 is 14.1 Å². The Morgan fingerprint density at radius 3 is 2.83 bits per heavy atom. The maximum Gasteiger partial charge on any atom is 0.257 e. The van der Waals surface area contributed by atoms with E-state index in [2.05, 4.69) is 0 Å². The van der Waals surface area contributed by atoms with Crippen LogP contribution in [-0.4, -0.2) is 41.4 Å². The monoisotopic (exact) mass is 489 g/mol. The number of aromatic nitrogens is 1. The molecule has 8 heteroatoms. The van der Waals surface area contributed by atoms with E-state index in [0.29, 0.717) is 36.9 Å². The molecule has 0 bridgehead atoms. The number of benzene rings is 2. The number of carbonyl (C=O) groups is 2. The van der Waals surface area contributed by atoms with Gasteiger partial charge in [-0.3, -0.25) is 14.5 Å². The molecule has 0 spiro atoms. The standard InChI is InChI=1S/C27H27N3O4S/c1-2-34-22-10-11-23-24(15-22)35-27(28-23)30(16-19-7-4-3-5-8-19)26(32)20-9-6-13-29(17-20)25(31)21-12-14-33-18-21/h3-5,7-8,10-12,14-15,18,20H,2,6,9,13,16-17H2,1H3. The van der Waals surface area contributed by atoms with Crippen LogP contribution in [0.5, 0.6) is 5.75 Å². The van der Waals surface area contributed by atoms with E-state index in [0.717, 1.165) is 34.4 Å². The molecule has 2 amide bonds. The fourth-order valence-electron chi connectivity index (χ4n) is 4.42. The van der Waals surface area contributed by atoms with Crippen LogP contribution in [0.25, 0.3) is 10.2 Å². The molecule has 1 unspecified atom stereocenters. The molecule has 5 rings (SSSR count). The average molecular weight is 490 g/mol. The first-order chi connectivity index (χ1) is 17.1. The molecule has 0 aliphatic carbocycles. The third-order valence-corrected chi connectivity index (χ3v) is 7.21.